The number of aromatic nitrogens is 1. The number of nitrogens with one attached hydrogen (secondary N) is 1. The lowest BCUT2D eigenvalue weighted by molar-refractivity contribution is -0.137. The van der Waals surface area contributed by atoms with Gasteiger partial charge in [-0.3, -0.25) is 14.6 Å². The first-order chi connectivity index (χ1) is 8.09. The molecule has 5 heteroatoms. The predicted octanol–water partition coefficient (Wildman–Crippen LogP) is 1.37. The number of aryl methyl sites for hydroxylation is 1. The lowest BCUT2D eigenvalue weighted by Crippen LogP contribution is -2.24. The van der Waals surface area contributed by atoms with Gasteiger partial charge in [0.05, 0.1) is 5.56 Å². The summed E-state index contributed by atoms with van der Waals surface area (Å²) in [6, 6.07) is 1.76. The third-order valence-electron chi connectivity index (χ3n) is 2.24. The van der Waals surface area contributed by atoms with E-state index in [4.69, 9.17) is 5.11 Å². The highest BCUT2D eigenvalue weighted by atomic mass is 16.4. The fourth-order valence-electron chi connectivity index (χ4n) is 1.38. The fourth-order valence-corrected chi connectivity index (χ4v) is 1.38. The highest BCUT2D eigenvalue weighted by molar-refractivity contribution is 5.93. The zero-order valence-corrected chi connectivity index (χ0v) is 9.77. The van der Waals surface area contributed by atoms with Crippen LogP contribution < -0.4 is 5.32 Å². The van der Waals surface area contributed by atoms with Crippen LogP contribution in [0.2, 0.25) is 0 Å². The SMILES string of the molecule is Cc1cncc(C(=O)NCCCCC(=O)O)c1. The van der Waals surface area contributed by atoms with E-state index >= 15 is 0 Å². The molecule has 92 valence electrons. The van der Waals surface area contributed by atoms with Crippen molar-refractivity contribution in [1.82, 2.24) is 10.3 Å². The number of hydrogen-bond donors (Lipinski definition) is 2. The lowest BCUT2D eigenvalue weighted by atomic mass is 10.2. The lowest BCUT2D eigenvalue weighted by Gasteiger charge is -2.04. The van der Waals surface area contributed by atoms with Gasteiger partial charge in [0.15, 0.2) is 0 Å². The molecule has 0 fully saturated rings. The van der Waals surface area contributed by atoms with E-state index in [1.54, 1.807) is 12.3 Å². The van der Waals surface area contributed by atoms with E-state index in [9.17, 15) is 9.59 Å². The number of hydrogen-bond acceptors (Lipinski definition) is 3. The summed E-state index contributed by atoms with van der Waals surface area (Å²) >= 11 is 0. The molecular formula is C12H16N2O3. The number of nitrogens with zero attached hydrogens (tertiary/aromatic N) is 1. The molecule has 0 aromatic carbocycles. The van der Waals surface area contributed by atoms with Crippen LogP contribution in [-0.2, 0) is 4.79 Å². The summed E-state index contributed by atoms with van der Waals surface area (Å²) in [5.41, 5.74) is 1.46. The molecule has 0 saturated carbocycles. The molecule has 2 N–H and O–H groups in total. The van der Waals surface area contributed by atoms with Crippen molar-refractivity contribution in [3.63, 3.8) is 0 Å². The van der Waals surface area contributed by atoms with E-state index in [1.165, 1.54) is 6.20 Å². The van der Waals surface area contributed by atoms with E-state index in [-0.39, 0.29) is 12.3 Å². The van der Waals surface area contributed by atoms with E-state index in [0.717, 1.165) is 5.56 Å². The van der Waals surface area contributed by atoms with Crippen molar-refractivity contribution in [1.29, 1.82) is 0 Å². The summed E-state index contributed by atoms with van der Waals surface area (Å²) in [6.07, 6.45) is 4.57. The van der Waals surface area contributed by atoms with Crippen molar-refractivity contribution in [3.05, 3.63) is 29.6 Å². The molecular weight excluding hydrogens is 220 g/mol. The van der Waals surface area contributed by atoms with Crippen LogP contribution in [0.1, 0.15) is 35.2 Å². The molecule has 17 heavy (non-hydrogen) atoms. The van der Waals surface area contributed by atoms with Gasteiger partial charge < -0.3 is 10.4 Å². The van der Waals surface area contributed by atoms with Gasteiger partial charge in [0.25, 0.3) is 5.91 Å². The standard InChI is InChI=1S/C12H16N2O3/c1-9-6-10(8-13-7-9)12(17)14-5-3-2-4-11(15)16/h6-8H,2-5H2,1H3,(H,14,17)(H,15,16). The minimum Gasteiger partial charge on any atom is -0.481 e. The van der Waals surface area contributed by atoms with Gasteiger partial charge in [-0.05, 0) is 31.4 Å². The van der Waals surface area contributed by atoms with Crippen molar-refractivity contribution in [2.45, 2.75) is 26.2 Å². The van der Waals surface area contributed by atoms with Crippen molar-refractivity contribution in [2.75, 3.05) is 6.54 Å². The topological polar surface area (TPSA) is 79.3 Å². The molecule has 0 aliphatic rings. The van der Waals surface area contributed by atoms with Crippen LogP contribution in [0.4, 0.5) is 0 Å². The highest BCUT2D eigenvalue weighted by Crippen LogP contribution is 2.01. The third kappa shape index (κ3) is 5.10. The van der Waals surface area contributed by atoms with Gasteiger partial charge >= 0.3 is 5.97 Å². The average molecular weight is 236 g/mol. The maximum atomic E-state index is 11.6. The molecule has 1 rings (SSSR count). The zero-order chi connectivity index (χ0) is 12.7. The van der Waals surface area contributed by atoms with Crippen LogP contribution in [0.15, 0.2) is 18.5 Å². The Labute approximate surface area is 99.9 Å². The Morgan fingerprint density at radius 1 is 1.35 bits per heavy atom. The van der Waals surface area contributed by atoms with Crippen LogP contribution >= 0.6 is 0 Å². The molecule has 0 aliphatic carbocycles. The van der Waals surface area contributed by atoms with E-state index in [1.807, 2.05) is 6.92 Å². The van der Waals surface area contributed by atoms with E-state index < -0.39 is 5.97 Å². The normalized spacial score (nSPS) is 9.94. The highest BCUT2D eigenvalue weighted by Gasteiger charge is 2.05. The molecule has 1 amide bonds. The van der Waals surface area contributed by atoms with Crippen LogP contribution in [0.3, 0.4) is 0 Å². The Bertz CT molecular complexity index is 404. The molecule has 0 radical (unpaired) electrons. The number of carboxylic acid groups (broad SMARTS) is 1. The summed E-state index contributed by atoms with van der Waals surface area (Å²) in [5.74, 6) is -0.976. The molecule has 0 aliphatic heterocycles. The largest absolute Gasteiger partial charge is 0.481 e. The van der Waals surface area contributed by atoms with E-state index in [2.05, 4.69) is 10.3 Å². The van der Waals surface area contributed by atoms with Crippen LogP contribution in [0.25, 0.3) is 0 Å². The number of pyridine rings is 1. The van der Waals surface area contributed by atoms with Crippen molar-refractivity contribution in [2.24, 2.45) is 0 Å². The van der Waals surface area contributed by atoms with Gasteiger partial charge in [0.2, 0.25) is 0 Å². The van der Waals surface area contributed by atoms with Crippen LogP contribution in [0, 0.1) is 6.92 Å². The fraction of sp³-hybridized carbons (Fsp3) is 0.417. The van der Waals surface area contributed by atoms with Gasteiger partial charge in [0.1, 0.15) is 0 Å². The summed E-state index contributed by atoms with van der Waals surface area (Å²) in [7, 11) is 0. The van der Waals surface area contributed by atoms with Crippen LogP contribution in [0.5, 0.6) is 0 Å². The second-order valence-corrected chi connectivity index (χ2v) is 3.86. The number of carbonyl (C=O) groups is 2. The van der Waals surface area contributed by atoms with Gasteiger partial charge in [-0.25, -0.2) is 0 Å². The van der Waals surface area contributed by atoms with Gasteiger partial charge in [0, 0.05) is 25.4 Å². The molecule has 1 aromatic rings. The second-order valence-electron chi connectivity index (χ2n) is 3.86. The number of aliphatic carboxylic acids is 1. The number of rotatable bonds is 6. The Morgan fingerprint density at radius 3 is 2.76 bits per heavy atom. The Hall–Kier alpha value is -1.91. The Balaban J connectivity index is 2.28. The van der Waals surface area contributed by atoms with Crippen molar-refractivity contribution in [3.8, 4) is 0 Å². The van der Waals surface area contributed by atoms with Crippen LogP contribution in [-0.4, -0.2) is 28.5 Å². The zero-order valence-electron chi connectivity index (χ0n) is 9.77. The molecule has 1 heterocycles. The molecule has 0 unspecified atom stereocenters. The predicted molar refractivity (Wildman–Crippen MR) is 62.8 cm³/mol. The van der Waals surface area contributed by atoms with E-state index in [0.29, 0.717) is 24.9 Å². The smallest absolute Gasteiger partial charge is 0.303 e. The Kier molecular flexibility index (Phi) is 5.13. The molecule has 0 bridgehead atoms. The first-order valence-electron chi connectivity index (χ1n) is 5.51. The maximum absolute atomic E-state index is 11.6. The Morgan fingerprint density at radius 2 is 2.12 bits per heavy atom. The average Bonchev–Trinajstić information content (AvgIpc) is 2.28. The summed E-state index contributed by atoms with van der Waals surface area (Å²) < 4.78 is 0. The maximum Gasteiger partial charge on any atom is 0.303 e. The van der Waals surface area contributed by atoms with Gasteiger partial charge in [-0.15, -0.1) is 0 Å². The minimum atomic E-state index is -0.806. The monoisotopic (exact) mass is 236 g/mol. The van der Waals surface area contributed by atoms with Crippen molar-refractivity contribution >= 4 is 11.9 Å². The summed E-state index contributed by atoms with van der Waals surface area (Å²) in [6.45, 7) is 2.36. The number of amides is 1. The molecule has 0 saturated heterocycles. The molecule has 0 spiro atoms. The minimum absolute atomic E-state index is 0.141. The number of carboxylic acids is 1. The second kappa shape index (κ2) is 6.62. The van der Waals surface area contributed by atoms with Gasteiger partial charge in [-0.1, -0.05) is 0 Å². The van der Waals surface area contributed by atoms with Gasteiger partial charge in [-0.2, -0.15) is 0 Å². The number of carbonyl (C=O) groups excluding carboxylic acids is 1. The quantitative estimate of drug-likeness (QED) is 0.731. The first-order valence-corrected chi connectivity index (χ1v) is 5.51. The third-order valence-corrected chi connectivity index (χ3v) is 2.24. The summed E-state index contributed by atoms with van der Waals surface area (Å²) in [4.78, 5) is 25.8. The molecule has 0 atom stereocenters. The number of unbranched alkanes of at least 4 members (excludes halogenated alkanes) is 1. The first kappa shape index (κ1) is 13.2. The molecule has 1 aromatic heterocycles. The molecule has 5 nitrogen and oxygen atoms in total. The summed E-state index contributed by atoms with van der Waals surface area (Å²) in [5, 5.41) is 11.2. The van der Waals surface area contributed by atoms with Crippen molar-refractivity contribution < 1.29 is 14.7 Å².